The zero-order chi connectivity index (χ0) is 13.7. The Morgan fingerprint density at radius 3 is 2.00 bits per heavy atom. The number of rotatable bonds is 6. The second-order valence-electron chi connectivity index (χ2n) is 5.76. The SMILES string of the molecule is CC(C)NCC(COCC(F)(F)F)C(C)(C)C. The van der Waals surface area contributed by atoms with Crippen molar-refractivity contribution in [3.05, 3.63) is 0 Å². The summed E-state index contributed by atoms with van der Waals surface area (Å²) in [6.45, 7) is 9.68. The van der Waals surface area contributed by atoms with Crippen molar-refractivity contribution >= 4 is 0 Å². The standard InChI is InChI=1S/C12H24F3NO/c1-9(2)16-6-10(11(3,4)5)7-17-8-12(13,14)15/h9-10,16H,6-8H2,1-5H3. The first-order chi connectivity index (χ1) is 7.52. The molecule has 0 aliphatic carbocycles. The molecular weight excluding hydrogens is 231 g/mol. The topological polar surface area (TPSA) is 21.3 Å². The fraction of sp³-hybridized carbons (Fsp3) is 1.00. The molecule has 0 aromatic carbocycles. The summed E-state index contributed by atoms with van der Waals surface area (Å²) in [5.41, 5.74) is -0.0759. The van der Waals surface area contributed by atoms with Crippen LogP contribution in [0.15, 0.2) is 0 Å². The van der Waals surface area contributed by atoms with Crippen molar-refractivity contribution < 1.29 is 17.9 Å². The Labute approximate surface area is 102 Å². The van der Waals surface area contributed by atoms with E-state index in [-0.39, 0.29) is 17.9 Å². The van der Waals surface area contributed by atoms with Crippen LogP contribution in [0.5, 0.6) is 0 Å². The van der Waals surface area contributed by atoms with E-state index in [4.69, 9.17) is 4.74 Å². The summed E-state index contributed by atoms with van der Waals surface area (Å²) in [4.78, 5) is 0. The number of nitrogens with one attached hydrogen (secondary N) is 1. The quantitative estimate of drug-likeness (QED) is 0.786. The van der Waals surface area contributed by atoms with Crippen molar-refractivity contribution in [3.8, 4) is 0 Å². The lowest BCUT2D eigenvalue weighted by Gasteiger charge is -2.31. The lowest BCUT2D eigenvalue weighted by Crippen LogP contribution is -2.38. The highest BCUT2D eigenvalue weighted by Gasteiger charge is 2.30. The molecule has 0 saturated carbocycles. The molecular formula is C12H24F3NO. The van der Waals surface area contributed by atoms with Crippen LogP contribution in [-0.2, 0) is 4.74 Å². The second kappa shape index (κ2) is 6.59. The van der Waals surface area contributed by atoms with E-state index < -0.39 is 12.8 Å². The van der Waals surface area contributed by atoms with Crippen LogP contribution in [0.3, 0.4) is 0 Å². The Morgan fingerprint density at radius 2 is 1.65 bits per heavy atom. The maximum Gasteiger partial charge on any atom is 0.411 e. The lowest BCUT2D eigenvalue weighted by molar-refractivity contribution is -0.178. The largest absolute Gasteiger partial charge is 0.411 e. The molecule has 0 saturated heterocycles. The van der Waals surface area contributed by atoms with Gasteiger partial charge < -0.3 is 10.1 Å². The van der Waals surface area contributed by atoms with Crippen LogP contribution < -0.4 is 5.32 Å². The molecule has 1 unspecified atom stereocenters. The van der Waals surface area contributed by atoms with E-state index >= 15 is 0 Å². The number of hydrogen-bond acceptors (Lipinski definition) is 2. The molecule has 0 amide bonds. The van der Waals surface area contributed by atoms with Gasteiger partial charge in [0.15, 0.2) is 0 Å². The van der Waals surface area contributed by atoms with Crippen molar-refractivity contribution in [1.82, 2.24) is 5.32 Å². The van der Waals surface area contributed by atoms with Crippen molar-refractivity contribution in [2.75, 3.05) is 19.8 Å². The third-order valence-corrected chi connectivity index (χ3v) is 2.58. The van der Waals surface area contributed by atoms with E-state index in [1.54, 1.807) is 0 Å². The van der Waals surface area contributed by atoms with Crippen LogP contribution >= 0.6 is 0 Å². The van der Waals surface area contributed by atoms with Gasteiger partial charge >= 0.3 is 6.18 Å². The Balaban J connectivity index is 4.13. The van der Waals surface area contributed by atoms with Gasteiger partial charge in [0.2, 0.25) is 0 Å². The highest BCUT2D eigenvalue weighted by atomic mass is 19.4. The van der Waals surface area contributed by atoms with Gasteiger partial charge in [-0.25, -0.2) is 0 Å². The molecule has 0 aliphatic heterocycles. The maximum atomic E-state index is 12.0. The molecule has 2 nitrogen and oxygen atoms in total. The second-order valence-corrected chi connectivity index (χ2v) is 5.76. The predicted molar refractivity (Wildman–Crippen MR) is 63.0 cm³/mol. The Bertz CT molecular complexity index is 209. The molecule has 1 atom stereocenters. The summed E-state index contributed by atoms with van der Waals surface area (Å²) in [6.07, 6.45) is -4.24. The van der Waals surface area contributed by atoms with Gasteiger partial charge in [-0.2, -0.15) is 13.2 Å². The Morgan fingerprint density at radius 1 is 1.12 bits per heavy atom. The van der Waals surface area contributed by atoms with Gasteiger partial charge in [-0.1, -0.05) is 34.6 Å². The highest BCUT2D eigenvalue weighted by molar-refractivity contribution is 4.76. The molecule has 0 heterocycles. The summed E-state index contributed by atoms with van der Waals surface area (Å²) < 4.78 is 40.7. The van der Waals surface area contributed by atoms with E-state index in [9.17, 15) is 13.2 Å². The predicted octanol–water partition coefficient (Wildman–Crippen LogP) is 3.23. The van der Waals surface area contributed by atoms with Gasteiger partial charge in [0, 0.05) is 12.6 Å². The molecule has 0 fully saturated rings. The molecule has 0 aromatic heterocycles. The molecule has 104 valence electrons. The molecule has 0 spiro atoms. The third-order valence-electron chi connectivity index (χ3n) is 2.58. The van der Waals surface area contributed by atoms with Crippen molar-refractivity contribution in [3.63, 3.8) is 0 Å². The van der Waals surface area contributed by atoms with E-state index in [1.165, 1.54) is 0 Å². The van der Waals surface area contributed by atoms with E-state index in [2.05, 4.69) is 5.32 Å². The minimum absolute atomic E-state index is 0.0623. The van der Waals surface area contributed by atoms with Gasteiger partial charge in [-0.3, -0.25) is 0 Å². The van der Waals surface area contributed by atoms with E-state index in [1.807, 2.05) is 34.6 Å². The highest BCUT2D eigenvalue weighted by Crippen LogP contribution is 2.26. The summed E-state index contributed by atoms with van der Waals surface area (Å²) >= 11 is 0. The van der Waals surface area contributed by atoms with Crippen molar-refractivity contribution in [2.24, 2.45) is 11.3 Å². The molecule has 1 N–H and O–H groups in total. The van der Waals surface area contributed by atoms with Gasteiger partial charge in [0.25, 0.3) is 0 Å². The van der Waals surface area contributed by atoms with Gasteiger partial charge in [-0.15, -0.1) is 0 Å². The zero-order valence-corrected chi connectivity index (χ0v) is 11.3. The number of ether oxygens (including phenoxy) is 1. The first-order valence-electron chi connectivity index (χ1n) is 5.90. The molecule has 5 heteroatoms. The number of halogens is 3. The first kappa shape index (κ1) is 16.7. The van der Waals surface area contributed by atoms with Crippen molar-refractivity contribution in [1.29, 1.82) is 0 Å². The van der Waals surface area contributed by atoms with Gasteiger partial charge in [0.05, 0.1) is 6.61 Å². The molecule has 0 radical (unpaired) electrons. The van der Waals surface area contributed by atoms with Crippen LogP contribution in [0.25, 0.3) is 0 Å². The van der Waals surface area contributed by atoms with Crippen LogP contribution in [0.2, 0.25) is 0 Å². The molecule has 17 heavy (non-hydrogen) atoms. The van der Waals surface area contributed by atoms with Crippen LogP contribution in [0.1, 0.15) is 34.6 Å². The van der Waals surface area contributed by atoms with E-state index in [0.29, 0.717) is 12.6 Å². The zero-order valence-electron chi connectivity index (χ0n) is 11.3. The molecule has 0 aromatic rings. The molecule has 0 aliphatic rings. The fourth-order valence-electron chi connectivity index (χ4n) is 1.31. The average Bonchev–Trinajstić information content (AvgIpc) is 2.06. The van der Waals surface area contributed by atoms with Crippen LogP contribution in [-0.4, -0.2) is 32.0 Å². The fourth-order valence-corrected chi connectivity index (χ4v) is 1.31. The summed E-state index contributed by atoms with van der Waals surface area (Å²) in [6, 6.07) is 0.322. The summed E-state index contributed by atoms with van der Waals surface area (Å²) in [7, 11) is 0. The lowest BCUT2D eigenvalue weighted by atomic mass is 9.81. The molecule has 0 bridgehead atoms. The first-order valence-corrected chi connectivity index (χ1v) is 5.90. The summed E-state index contributed by atoms with van der Waals surface area (Å²) in [5, 5.41) is 3.24. The van der Waals surface area contributed by atoms with Crippen LogP contribution in [0, 0.1) is 11.3 Å². The number of alkyl halides is 3. The monoisotopic (exact) mass is 255 g/mol. The third kappa shape index (κ3) is 9.41. The number of hydrogen-bond donors (Lipinski definition) is 1. The van der Waals surface area contributed by atoms with Crippen molar-refractivity contribution in [2.45, 2.75) is 46.8 Å². The molecule has 0 rings (SSSR count). The Kier molecular flexibility index (Phi) is 6.48. The smallest absolute Gasteiger partial charge is 0.372 e. The van der Waals surface area contributed by atoms with Gasteiger partial charge in [0.1, 0.15) is 6.61 Å². The Hall–Kier alpha value is -0.290. The minimum Gasteiger partial charge on any atom is -0.372 e. The average molecular weight is 255 g/mol. The van der Waals surface area contributed by atoms with Gasteiger partial charge in [-0.05, 0) is 11.3 Å². The summed E-state index contributed by atoms with van der Waals surface area (Å²) in [5.74, 6) is 0.0623. The normalized spacial score (nSPS) is 15.4. The maximum absolute atomic E-state index is 12.0. The minimum atomic E-state index is -4.24. The van der Waals surface area contributed by atoms with E-state index in [0.717, 1.165) is 0 Å². The van der Waals surface area contributed by atoms with Crippen LogP contribution in [0.4, 0.5) is 13.2 Å².